The summed E-state index contributed by atoms with van der Waals surface area (Å²) in [5, 5.41) is 20.9. The molecule has 2 aliphatic carbocycles. The smallest absolute Gasteiger partial charge is 0.744 e. The minimum Gasteiger partial charge on any atom is -0.744 e. The van der Waals surface area contributed by atoms with Crippen molar-refractivity contribution in [3.63, 3.8) is 0 Å². The number of benzene rings is 2. The van der Waals surface area contributed by atoms with Crippen LogP contribution < -0.4 is 59.1 Å². The van der Waals surface area contributed by atoms with Crippen LogP contribution in [-0.4, -0.2) is 48.1 Å². The Labute approximate surface area is 269 Å². The maximum absolute atomic E-state index is 12.8. The molecule has 2 aromatic rings. The molecule has 0 bridgehead atoms. The molecule has 0 fully saturated rings. The Balaban J connectivity index is 0.00000267. The molecular formula is C25H20Na2O10S2. The van der Waals surface area contributed by atoms with Gasteiger partial charge >= 0.3 is 71.1 Å². The van der Waals surface area contributed by atoms with Crippen LogP contribution in [0.5, 0.6) is 0 Å². The maximum atomic E-state index is 12.8. The van der Waals surface area contributed by atoms with E-state index in [4.69, 9.17) is 0 Å². The summed E-state index contributed by atoms with van der Waals surface area (Å²) < 4.78 is 73.2. The second-order valence-corrected chi connectivity index (χ2v) is 11.5. The zero-order valence-corrected chi connectivity index (χ0v) is 26.9. The second kappa shape index (κ2) is 11.7. The quantitative estimate of drug-likeness (QED) is 0.253. The van der Waals surface area contributed by atoms with Crippen molar-refractivity contribution in [3.05, 3.63) is 93.3 Å². The van der Waals surface area contributed by atoms with E-state index in [1.54, 1.807) is 0 Å². The Kier molecular flexibility index (Phi) is 10.1. The fourth-order valence-electron chi connectivity index (χ4n) is 5.39. The fraction of sp³-hybridized carbons (Fsp3) is 0.200. The standard InChI is InChI=1S/C25H22O10S2.2Na/c1-15-14-18(24(22(26)27)12-6-4-10-19(24)36(30,31)32)16-8-2-3-9-17(16)21(15)25(23(28)29)13-7-5-11-20(25)37(33,34)35;;/h2-11,14H,12-13H2,1H3,(H,26,27)(H,28,29)(H,30,31,32)(H,33,34,35);;/q;2*+1/p-2. The van der Waals surface area contributed by atoms with Crippen LogP contribution in [0.4, 0.5) is 0 Å². The van der Waals surface area contributed by atoms with E-state index in [1.807, 2.05) is 0 Å². The van der Waals surface area contributed by atoms with Gasteiger partial charge in [-0.1, -0.05) is 54.6 Å². The molecule has 0 radical (unpaired) electrons. The van der Waals surface area contributed by atoms with Crippen LogP contribution in [0.25, 0.3) is 10.8 Å². The number of hydrogen-bond acceptors (Lipinski definition) is 8. The first-order valence-corrected chi connectivity index (χ1v) is 13.7. The molecule has 14 heteroatoms. The predicted molar refractivity (Wildman–Crippen MR) is 130 cm³/mol. The third kappa shape index (κ3) is 5.40. The first-order valence-electron chi connectivity index (χ1n) is 10.9. The third-order valence-electron chi connectivity index (χ3n) is 6.85. The minimum atomic E-state index is -5.25. The molecule has 194 valence electrons. The summed E-state index contributed by atoms with van der Waals surface area (Å²) in [6, 6.07) is 7.12. The molecule has 0 saturated heterocycles. The number of hydrogen-bond donors (Lipinski definition) is 2. The molecule has 2 aromatic carbocycles. The number of carboxylic acids is 2. The molecule has 0 aliphatic heterocycles. The summed E-state index contributed by atoms with van der Waals surface area (Å²) in [5.74, 6) is -3.23. The van der Waals surface area contributed by atoms with E-state index in [-0.39, 0.29) is 99.4 Å². The molecule has 0 amide bonds. The van der Waals surface area contributed by atoms with E-state index >= 15 is 0 Å². The average molecular weight is 591 g/mol. The van der Waals surface area contributed by atoms with Crippen molar-refractivity contribution in [3.8, 4) is 0 Å². The van der Waals surface area contributed by atoms with E-state index in [0.717, 1.165) is 12.2 Å². The van der Waals surface area contributed by atoms with Gasteiger partial charge in [-0.15, -0.1) is 0 Å². The van der Waals surface area contributed by atoms with Crippen molar-refractivity contribution in [2.75, 3.05) is 0 Å². The van der Waals surface area contributed by atoms with Gasteiger partial charge in [-0.3, -0.25) is 9.59 Å². The van der Waals surface area contributed by atoms with Gasteiger partial charge < -0.3 is 19.3 Å². The third-order valence-corrected chi connectivity index (χ3v) is 8.90. The van der Waals surface area contributed by atoms with Crippen LogP contribution in [-0.2, 0) is 40.7 Å². The van der Waals surface area contributed by atoms with Crippen molar-refractivity contribution in [2.24, 2.45) is 0 Å². The molecular weight excluding hydrogens is 570 g/mol. The van der Waals surface area contributed by atoms with E-state index < -0.39 is 52.8 Å². The van der Waals surface area contributed by atoms with E-state index in [0.29, 0.717) is 0 Å². The van der Waals surface area contributed by atoms with E-state index in [1.165, 1.54) is 61.6 Å². The van der Waals surface area contributed by atoms with Crippen LogP contribution in [0.1, 0.15) is 29.5 Å². The van der Waals surface area contributed by atoms with Crippen LogP contribution in [0.3, 0.4) is 0 Å². The molecule has 39 heavy (non-hydrogen) atoms. The zero-order chi connectivity index (χ0) is 27.4. The number of rotatable bonds is 6. The maximum Gasteiger partial charge on any atom is 1.00 e. The molecule has 2 aliphatic rings. The Hall–Kier alpha value is -1.58. The number of fused-ring (bicyclic) bond motifs is 1. The van der Waals surface area contributed by atoms with Gasteiger partial charge in [0.2, 0.25) is 0 Å². The number of carbonyl (C=O) groups is 2. The molecule has 2 unspecified atom stereocenters. The molecule has 2 N–H and O–H groups in total. The minimum absolute atomic E-state index is 0. The monoisotopic (exact) mass is 590 g/mol. The van der Waals surface area contributed by atoms with E-state index in [9.17, 15) is 45.7 Å². The van der Waals surface area contributed by atoms with Crippen LogP contribution in [0.15, 0.2) is 76.6 Å². The summed E-state index contributed by atoms with van der Waals surface area (Å²) >= 11 is 0. The number of carboxylic acid groups (broad SMARTS) is 2. The topological polar surface area (TPSA) is 189 Å². The Bertz CT molecular complexity index is 1710. The van der Waals surface area contributed by atoms with Crippen molar-refractivity contribution < 1.29 is 105 Å². The molecule has 0 saturated carbocycles. The van der Waals surface area contributed by atoms with Gasteiger partial charge in [-0.05, 0) is 59.4 Å². The molecule has 4 rings (SSSR count). The summed E-state index contributed by atoms with van der Waals surface area (Å²) in [6.07, 6.45) is 6.42. The molecule has 10 nitrogen and oxygen atoms in total. The first kappa shape index (κ1) is 33.6. The van der Waals surface area contributed by atoms with Crippen molar-refractivity contribution in [1.82, 2.24) is 0 Å². The molecule has 0 aromatic heterocycles. The fourth-order valence-corrected chi connectivity index (χ4v) is 7.29. The summed E-state index contributed by atoms with van der Waals surface area (Å²) in [6.45, 7) is 1.41. The summed E-state index contributed by atoms with van der Waals surface area (Å²) in [5.41, 5.74) is -4.71. The zero-order valence-electron chi connectivity index (χ0n) is 21.2. The Morgan fingerprint density at radius 3 is 1.69 bits per heavy atom. The van der Waals surface area contributed by atoms with Crippen molar-refractivity contribution in [1.29, 1.82) is 0 Å². The number of allylic oxidation sites excluding steroid dienone is 6. The first-order chi connectivity index (χ1) is 17.2. The van der Waals surface area contributed by atoms with Gasteiger partial charge in [0.1, 0.15) is 31.1 Å². The summed E-state index contributed by atoms with van der Waals surface area (Å²) in [4.78, 5) is 23.7. The van der Waals surface area contributed by atoms with Gasteiger partial charge in [0, 0.05) is 0 Å². The Morgan fingerprint density at radius 2 is 1.23 bits per heavy atom. The van der Waals surface area contributed by atoms with Crippen LogP contribution >= 0.6 is 0 Å². The van der Waals surface area contributed by atoms with Gasteiger partial charge in [0.15, 0.2) is 0 Å². The Morgan fingerprint density at radius 1 is 0.795 bits per heavy atom. The predicted octanol–water partition coefficient (Wildman–Crippen LogP) is -3.42. The second-order valence-electron chi connectivity index (χ2n) is 8.82. The summed E-state index contributed by atoms with van der Waals surface area (Å²) in [7, 11) is -10.5. The largest absolute Gasteiger partial charge is 1.00 e. The molecule has 0 heterocycles. The molecule has 0 spiro atoms. The molecule has 2 atom stereocenters. The normalized spacial score (nSPS) is 22.7. The van der Waals surface area contributed by atoms with Crippen LogP contribution in [0, 0.1) is 6.92 Å². The average Bonchev–Trinajstić information content (AvgIpc) is 2.82. The van der Waals surface area contributed by atoms with Gasteiger partial charge in [-0.25, -0.2) is 16.8 Å². The SMILES string of the molecule is Cc1cc(C2(C(=O)O)CC=CC=C2S(=O)(=O)[O-])c2ccccc2c1C1(C(=O)O)CC=CC=C1S(=O)(=O)[O-].[Na+].[Na+]. The number of aliphatic carboxylic acids is 2. The van der Waals surface area contributed by atoms with Gasteiger partial charge in [0.25, 0.3) is 0 Å². The van der Waals surface area contributed by atoms with Crippen molar-refractivity contribution in [2.45, 2.75) is 30.6 Å². The van der Waals surface area contributed by atoms with Gasteiger partial charge in [0.05, 0.1) is 9.81 Å². The van der Waals surface area contributed by atoms with Gasteiger partial charge in [-0.2, -0.15) is 0 Å². The van der Waals surface area contributed by atoms with Crippen LogP contribution in [0.2, 0.25) is 0 Å². The van der Waals surface area contributed by atoms with Crippen molar-refractivity contribution >= 4 is 42.9 Å². The number of aryl methyl sites for hydroxylation is 1. The van der Waals surface area contributed by atoms with E-state index in [2.05, 4.69) is 0 Å².